The first-order valence-corrected chi connectivity index (χ1v) is 11.4. The molecule has 0 aliphatic carbocycles. The second-order valence-electron chi connectivity index (χ2n) is 8.71. The number of nitrogens with one attached hydrogen (secondary N) is 1. The van der Waals surface area contributed by atoms with Crippen LogP contribution in [0.5, 0.6) is 5.88 Å². The van der Waals surface area contributed by atoms with Crippen LogP contribution in [0.25, 0.3) is 21.8 Å². The first-order chi connectivity index (χ1) is 17.9. The lowest BCUT2D eigenvalue weighted by Gasteiger charge is -2.38. The van der Waals surface area contributed by atoms with Crippen molar-refractivity contribution >= 4 is 33.7 Å². The van der Waals surface area contributed by atoms with Gasteiger partial charge in [-0.15, -0.1) is 0 Å². The van der Waals surface area contributed by atoms with E-state index < -0.39 is 30.6 Å². The Hall–Kier alpha value is -4.22. The molecule has 2 aromatic heterocycles. The minimum Gasteiger partial charge on any atom is -0.475 e. The van der Waals surface area contributed by atoms with Crippen LogP contribution in [0.15, 0.2) is 60.8 Å². The summed E-state index contributed by atoms with van der Waals surface area (Å²) in [6.45, 7) is 1.67. The average Bonchev–Trinajstić information content (AvgIpc) is 3.25. The molecule has 0 radical (unpaired) electrons. The number of carboxylic acids is 1. The number of halogens is 5. The molecule has 4 aromatic rings. The summed E-state index contributed by atoms with van der Waals surface area (Å²) in [6.07, 6.45) is -5.17. The molecule has 2 aromatic carbocycles. The van der Waals surface area contributed by atoms with Gasteiger partial charge in [0.2, 0.25) is 5.88 Å². The van der Waals surface area contributed by atoms with Gasteiger partial charge in [0.05, 0.1) is 12.1 Å². The van der Waals surface area contributed by atoms with Gasteiger partial charge in [-0.05, 0) is 36.8 Å². The normalized spacial score (nSPS) is 17.1. The van der Waals surface area contributed by atoms with Gasteiger partial charge in [0.25, 0.3) is 11.8 Å². The molecule has 3 heterocycles. The molecule has 1 aliphatic rings. The molecule has 38 heavy (non-hydrogen) atoms. The van der Waals surface area contributed by atoms with Gasteiger partial charge < -0.3 is 19.7 Å². The third-order valence-electron chi connectivity index (χ3n) is 6.07. The number of rotatable bonds is 3. The number of aromatic amines is 1. The van der Waals surface area contributed by atoms with Gasteiger partial charge in [-0.25, -0.2) is 18.6 Å². The number of fused-ring (bicyclic) bond motifs is 2. The first-order valence-electron chi connectivity index (χ1n) is 11.4. The number of aromatic nitrogens is 2. The summed E-state index contributed by atoms with van der Waals surface area (Å²) in [6, 6.07) is 16.2. The van der Waals surface area contributed by atoms with E-state index in [9.17, 15) is 26.7 Å². The minimum absolute atomic E-state index is 0.0311. The Kier molecular flexibility index (Phi) is 7.25. The van der Waals surface area contributed by atoms with Gasteiger partial charge in [0.15, 0.2) is 6.10 Å². The van der Waals surface area contributed by atoms with Crippen LogP contribution in [0.2, 0.25) is 0 Å². The van der Waals surface area contributed by atoms with Crippen molar-refractivity contribution in [3.63, 3.8) is 0 Å². The largest absolute Gasteiger partial charge is 0.490 e. The van der Waals surface area contributed by atoms with Crippen LogP contribution in [0, 0.1) is 6.92 Å². The number of H-pyrrole nitrogens is 1. The van der Waals surface area contributed by atoms with E-state index in [2.05, 4.69) is 9.97 Å². The van der Waals surface area contributed by atoms with E-state index in [0.29, 0.717) is 11.1 Å². The number of likely N-dealkylation sites (tertiary alicyclic amines) is 1. The van der Waals surface area contributed by atoms with Crippen molar-refractivity contribution in [1.29, 1.82) is 0 Å². The number of pyridine rings is 1. The van der Waals surface area contributed by atoms with Gasteiger partial charge in [0.1, 0.15) is 0 Å². The first kappa shape index (κ1) is 26.8. The van der Waals surface area contributed by atoms with Crippen LogP contribution in [0.1, 0.15) is 22.3 Å². The highest BCUT2D eigenvalue weighted by atomic mass is 19.4. The molecule has 1 aliphatic heterocycles. The Morgan fingerprint density at radius 3 is 2.53 bits per heavy atom. The topological polar surface area (TPSA) is 95.5 Å². The van der Waals surface area contributed by atoms with Gasteiger partial charge >= 0.3 is 12.1 Å². The third-order valence-corrected chi connectivity index (χ3v) is 6.07. The molecule has 0 saturated carbocycles. The van der Waals surface area contributed by atoms with E-state index in [0.717, 1.165) is 21.9 Å². The number of piperidine rings is 1. The number of hydrogen-bond donors (Lipinski definition) is 2. The maximum absolute atomic E-state index is 14.7. The average molecular weight is 535 g/mol. The lowest BCUT2D eigenvalue weighted by atomic mass is 10.0. The number of carboxylic acid groups (broad SMARTS) is 1. The van der Waals surface area contributed by atoms with E-state index in [1.54, 1.807) is 30.3 Å². The molecule has 7 nitrogen and oxygen atoms in total. The Bertz CT molecular complexity index is 1480. The SMILES string of the molecule is Cc1c[nH]c2cccc(C(=O)N3CCC(F)(F)C(Oc4ccc5ccccc5n4)C3)c12.O=C(O)C(F)(F)F. The van der Waals surface area contributed by atoms with Crippen molar-refractivity contribution < 1.29 is 41.4 Å². The molecule has 1 atom stereocenters. The Morgan fingerprint density at radius 1 is 1.11 bits per heavy atom. The fourth-order valence-electron chi connectivity index (χ4n) is 4.14. The number of para-hydroxylation sites is 1. The summed E-state index contributed by atoms with van der Waals surface area (Å²) in [5.74, 6) is -5.96. The zero-order chi connectivity index (χ0) is 27.7. The number of carbonyl (C=O) groups is 2. The van der Waals surface area contributed by atoms with Crippen molar-refractivity contribution in [1.82, 2.24) is 14.9 Å². The second kappa shape index (κ2) is 10.3. The molecule has 12 heteroatoms. The van der Waals surface area contributed by atoms with Crippen molar-refractivity contribution in [2.75, 3.05) is 13.1 Å². The summed E-state index contributed by atoms with van der Waals surface area (Å²) in [5, 5.41) is 8.84. The molecule has 0 bridgehead atoms. The third kappa shape index (κ3) is 5.68. The molecule has 5 rings (SSSR count). The molecule has 1 unspecified atom stereocenters. The maximum atomic E-state index is 14.7. The molecule has 2 N–H and O–H groups in total. The number of aryl methyl sites for hydroxylation is 1. The van der Waals surface area contributed by atoms with E-state index in [4.69, 9.17) is 14.6 Å². The highest BCUT2D eigenvalue weighted by molar-refractivity contribution is 6.07. The molecule has 1 saturated heterocycles. The fraction of sp³-hybridized carbons (Fsp3) is 0.269. The summed E-state index contributed by atoms with van der Waals surface area (Å²) in [7, 11) is 0. The van der Waals surface area contributed by atoms with E-state index in [1.165, 1.54) is 4.90 Å². The number of ether oxygens (including phenoxy) is 1. The van der Waals surface area contributed by atoms with E-state index in [-0.39, 0.29) is 24.9 Å². The standard InChI is InChI=1S/C24H21F2N3O2.C2HF3O2/c1-15-13-27-19-8-4-6-17(22(15)19)23(30)29-12-11-24(25,26)20(14-29)31-21-10-9-16-5-2-3-7-18(16)28-21;3-2(4,5)1(6)7/h2-10,13,20,27H,11-12,14H2,1H3;(H,6,7). The smallest absolute Gasteiger partial charge is 0.475 e. The van der Waals surface area contributed by atoms with Crippen LogP contribution in [0.3, 0.4) is 0 Å². The van der Waals surface area contributed by atoms with Crippen molar-refractivity contribution in [3.05, 3.63) is 71.9 Å². The number of hydrogen-bond acceptors (Lipinski definition) is 4. The second-order valence-corrected chi connectivity index (χ2v) is 8.71. The number of alkyl halides is 5. The number of amides is 1. The molecular formula is C26H22F5N3O4. The van der Waals surface area contributed by atoms with Crippen molar-refractivity contribution in [3.8, 4) is 5.88 Å². The Labute approximate surface area is 212 Å². The Morgan fingerprint density at radius 2 is 1.82 bits per heavy atom. The molecule has 1 fully saturated rings. The van der Waals surface area contributed by atoms with E-state index in [1.807, 2.05) is 37.4 Å². The van der Waals surface area contributed by atoms with Gasteiger partial charge in [-0.2, -0.15) is 13.2 Å². The zero-order valence-electron chi connectivity index (χ0n) is 19.9. The van der Waals surface area contributed by atoms with Crippen molar-refractivity contribution in [2.45, 2.75) is 31.5 Å². The van der Waals surface area contributed by atoms with Gasteiger partial charge in [0, 0.05) is 47.1 Å². The van der Waals surface area contributed by atoms with Crippen LogP contribution in [-0.4, -0.2) is 63.1 Å². The number of benzene rings is 2. The predicted molar refractivity (Wildman–Crippen MR) is 128 cm³/mol. The zero-order valence-corrected chi connectivity index (χ0v) is 19.9. The monoisotopic (exact) mass is 535 g/mol. The van der Waals surface area contributed by atoms with Crippen LogP contribution < -0.4 is 4.74 Å². The lowest BCUT2D eigenvalue weighted by Crippen LogP contribution is -2.55. The number of carbonyl (C=O) groups excluding carboxylic acids is 1. The van der Waals surface area contributed by atoms with Crippen LogP contribution in [-0.2, 0) is 4.79 Å². The quantitative estimate of drug-likeness (QED) is 0.334. The highest BCUT2D eigenvalue weighted by Gasteiger charge is 2.47. The van der Waals surface area contributed by atoms with Crippen LogP contribution >= 0.6 is 0 Å². The van der Waals surface area contributed by atoms with E-state index >= 15 is 0 Å². The molecule has 200 valence electrons. The van der Waals surface area contributed by atoms with Crippen molar-refractivity contribution in [2.24, 2.45) is 0 Å². The molecular weight excluding hydrogens is 513 g/mol. The summed E-state index contributed by atoms with van der Waals surface area (Å²) < 4.78 is 66.7. The van der Waals surface area contributed by atoms with Gasteiger partial charge in [-0.3, -0.25) is 4.79 Å². The Balaban J connectivity index is 0.000000426. The lowest BCUT2D eigenvalue weighted by molar-refractivity contribution is -0.192. The molecule has 1 amide bonds. The summed E-state index contributed by atoms with van der Waals surface area (Å²) in [4.78, 5) is 31.1. The molecule has 0 spiro atoms. The minimum atomic E-state index is -5.08. The predicted octanol–water partition coefficient (Wildman–Crippen LogP) is 5.59. The summed E-state index contributed by atoms with van der Waals surface area (Å²) in [5.41, 5.74) is 2.96. The van der Waals surface area contributed by atoms with Crippen LogP contribution in [0.4, 0.5) is 22.0 Å². The maximum Gasteiger partial charge on any atom is 0.490 e. The van der Waals surface area contributed by atoms with Gasteiger partial charge in [-0.1, -0.05) is 24.3 Å². The number of aliphatic carboxylic acids is 1. The highest BCUT2D eigenvalue weighted by Crippen LogP contribution is 2.33. The number of nitrogens with zero attached hydrogens (tertiary/aromatic N) is 2. The summed E-state index contributed by atoms with van der Waals surface area (Å²) >= 11 is 0. The fourth-order valence-corrected chi connectivity index (χ4v) is 4.14.